The number of hydrogen-bond acceptors (Lipinski definition) is 5. The third kappa shape index (κ3) is 5.17. The van der Waals surface area contributed by atoms with Crippen LogP contribution in [0.2, 0.25) is 0 Å². The summed E-state index contributed by atoms with van der Waals surface area (Å²) in [5, 5.41) is 17.0. The zero-order chi connectivity index (χ0) is 14.4. The molecule has 0 spiro atoms. The second kappa shape index (κ2) is 6.50. The average molecular weight is 267 g/mol. The maximum absolute atomic E-state index is 11.1. The Hall–Kier alpha value is -2.41. The zero-order valence-electron chi connectivity index (χ0n) is 9.91. The molecule has 0 saturated heterocycles. The van der Waals surface area contributed by atoms with Crippen LogP contribution in [0.25, 0.3) is 0 Å². The van der Waals surface area contributed by atoms with Gasteiger partial charge >= 0.3 is 17.9 Å². The Bertz CT molecular complexity index is 481. The summed E-state index contributed by atoms with van der Waals surface area (Å²) in [7, 11) is 0. The lowest BCUT2D eigenvalue weighted by Gasteiger charge is -2.07. The molecule has 4 N–H and O–H groups in total. The molecule has 0 aliphatic carbocycles. The number of nitrogens with two attached hydrogens (primary N) is 1. The molecule has 0 aliphatic heterocycles. The summed E-state index contributed by atoms with van der Waals surface area (Å²) in [4.78, 5) is 31.9. The van der Waals surface area contributed by atoms with Crippen LogP contribution in [0.1, 0.15) is 12.0 Å². The van der Waals surface area contributed by atoms with Crippen LogP contribution in [0.5, 0.6) is 5.75 Å². The van der Waals surface area contributed by atoms with Crippen molar-refractivity contribution in [2.45, 2.75) is 18.9 Å². The van der Waals surface area contributed by atoms with Crippen molar-refractivity contribution in [3.05, 3.63) is 29.8 Å². The van der Waals surface area contributed by atoms with Crippen molar-refractivity contribution in [2.24, 2.45) is 5.73 Å². The SMILES string of the molecule is N[C@@H](Cc1ccc(OC(=O)CC(=O)O)cc1)C(=O)O. The van der Waals surface area contributed by atoms with Crippen molar-refractivity contribution >= 4 is 17.9 Å². The summed E-state index contributed by atoms with van der Waals surface area (Å²) in [5.74, 6) is -3.05. The van der Waals surface area contributed by atoms with Gasteiger partial charge in [0.1, 0.15) is 18.2 Å². The van der Waals surface area contributed by atoms with Crippen LogP contribution in [-0.2, 0) is 20.8 Å². The molecular formula is C12H13NO6. The molecule has 0 radical (unpaired) electrons. The first kappa shape index (κ1) is 14.7. The molecule has 0 saturated carbocycles. The van der Waals surface area contributed by atoms with E-state index in [1.807, 2.05) is 0 Å². The van der Waals surface area contributed by atoms with Crippen LogP contribution in [0, 0.1) is 0 Å². The second-order valence-electron chi connectivity index (χ2n) is 3.84. The van der Waals surface area contributed by atoms with Crippen LogP contribution >= 0.6 is 0 Å². The molecule has 1 aromatic carbocycles. The maximum Gasteiger partial charge on any atom is 0.322 e. The smallest absolute Gasteiger partial charge is 0.322 e. The van der Waals surface area contributed by atoms with Crippen LogP contribution in [0.4, 0.5) is 0 Å². The first-order chi connectivity index (χ1) is 8.88. The molecule has 0 fully saturated rings. The van der Waals surface area contributed by atoms with E-state index >= 15 is 0 Å². The number of carboxylic acid groups (broad SMARTS) is 2. The van der Waals surface area contributed by atoms with E-state index in [0.29, 0.717) is 5.56 Å². The van der Waals surface area contributed by atoms with Gasteiger partial charge in [-0.2, -0.15) is 0 Å². The molecule has 1 rings (SSSR count). The molecular weight excluding hydrogens is 254 g/mol. The Morgan fingerprint density at radius 3 is 2.21 bits per heavy atom. The van der Waals surface area contributed by atoms with Gasteiger partial charge in [-0.1, -0.05) is 12.1 Å². The number of carbonyl (C=O) groups is 3. The Balaban J connectivity index is 2.59. The highest BCUT2D eigenvalue weighted by molar-refractivity contribution is 5.91. The van der Waals surface area contributed by atoms with E-state index in [4.69, 9.17) is 20.7 Å². The van der Waals surface area contributed by atoms with Gasteiger partial charge < -0.3 is 20.7 Å². The fourth-order valence-corrected chi connectivity index (χ4v) is 1.33. The van der Waals surface area contributed by atoms with Gasteiger partial charge in [-0.25, -0.2) is 0 Å². The predicted molar refractivity (Wildman–Crippen MR) is 63.6 cm³/mol. The predicted octanol–water partition coefficient (Wildman–Crippen LogP) is 0.0211. The molecule has 0 amide bonds. The highest BCUT2D eigenvalue weighted by atomic mass is 16.5. The summed E-state index contributed by atoms with van der Waals surface area (Å²) in [6, 6.07) is 5.02. The number of benzene rings is 1. The van der Waals surface area contributed by atoms with Gasteiger partial charge in [0.2, 0.25) is 0 Å². The molecule has 0 bridgehead atoms. The lowest BCUT2D eigenvalue weighted by Crippen LogP contribution is -2.32. The molecule has 1 aromatic rings. The van der Waals surface area contributed by atoms with E-state index in [-0.39, 0.29) is 12.2 Å². The number of carbonyl (C=O) groups excluding carboxylic acids is 1. The monoisotopic (exact) mass is 267 g/mol. The zero-order valence-corrected chi connectivity index (χ0v) is 9.91. The second-order valence-corrected chi connectivity index (χ2v) is 3.84. The number of ether oxygens (including phenoxy) is 1. The Morgan fingerprint density at radius 1 is 1.16 bits per heavy atom. The van der Waals surface area contributed by atoms with E-state index in [1.165, 1.54) is 12.1 Å². The van der Waals surface area contributed by atoms with Crippen molar-refractivity contribution in [3.8, 4) is 5.75 Å². The van der Waals surface area contributed by atoms with Crippen molar-refractivity contribution in [3.63, 3.8) is 0 Å². The minimum Gasteiger partial charge on any atom is -0.481 e. The lowest BCUT2D eigenvalue weighted by molar-refractivity contribution is -0.145. The Morgan fingerprint density at radius 2 is 1.74 bits per heavy atom. The molecule has 1 atom stereocenters. The molecule has 7 nitrogen and oxygen atoms in total. The van der Waals surface area contributed by atoms with Crippen LogP contribution in [-0.4, -0.2) is 34.2 Å². The largest absolute Gasteiger partial charge is 0.481 e. The van der Waals surface area contributed by atoms with Crippen molar-refractivity contribution in [1.29, 1.82) is 0 Å². The third-order valence-electron chi connectivity index (χ3n) is 2.22. The maximum atomic E-state index is 11.1. The van der Waals surface area contributed by atoms with E-state index < -0.39 is 30.4 Å². The van der Waals surface area contributed by atoms with Crippen LogP contribution < -0.4 is 10.5 Å². The summed E-state index contributed by atoms with van der Waals surface area (Å²) in [6.45, 7) is 0. The summed E-state index contributed by atoms with van der Waals surface area (Å²) >= 11 is 0. The standard InChI is InChI=1S/C12H13NO6/c13-9(12(17)18)5-7-1-3-8(4-2-7)19-11(16)6-10(14)15/h1-4,9H,5-6,13H2,(H,14,15)(H,17,18)/t9-/m0/s1. The number of rotatable bonds is 6. The van der Waals surface area contributed by atoms with Gasteiger partial charge in [-0.3, -0.25) is 14.4 Å². The van der Waals surface area contributed by atoms with Crippen LogP contribution in [0.3, 0.4) is 0 Å². The van der Waals surface area contributed by atoms with Gasteiger partial charge in [0, 0.05) is 0 Å². The fraction of sp³-hybridized carbons (Fsp3) is 0.250. The minimum absolute atomic E-state index is 0.151. The third-order valence-corrected chi connectivity index (χ3v) is 2.22. The number of carboxylic acids is 2. The molecule has 0 aromatic heterocycles. The molecule has 0 unspecified atom stereocenters. The molecule has 102 valence electrons. The number of aliphatic carboxylic acids is 2. The normalized spacial score (nSPS) is 11.6. The highest BCUT2D eigenvalue weighted by Crippen LogP contribution is 2.14. The summed E-state index contributed by atoms with van der Waals surface area (Å²) < 4.78 is 4.77. The summed E-state index contributed by atoms with van der Waals surface area (Å²) in [5.41, 5.74) is 6.05. The van der Waals surface area contributed by atoms with Gasteiger partial charge in [0.25, 0.3) is 0 Å². The first-order valence-corrected chi connectivity index (χ1v) is 5.38. The van der Waals surface area contributed by atoms with Gasteiger partial charge in [-0.15, -0.1) is 0 Å². The van der Waals surface area contributed by atoms with E-state index in [0.717, 1.165) is 0 Å². The first-order valence-electron chi connectivity index (χ1n) is 5.38. The fourth-order valence-electron chi connectivity index (χ4n) is 1.33. The number of hydrogen-bond donors (Lipinski definition) is 3. The van der Waals surface area contributed by atoms with Gasteiger partial charge in [0.05, 0.1) is 0 Å². The molecule has 0 aliphatic rings. The van der Waals surface area contributed by atoms with Crippen molar-refractivity contribution in [2.75, 3.05) is 0 Å². The van der Waals surface area contributed by atoms with E-state index in [9.17, 15) is 14.4 Å². The topological polar surface area (TPSA) is 127 Å². The van der Waals surface area contributed by atoms with E-state index in [1.54, 1.807) is 12.1 Å². The summed E-state index contributed by atoms with van der Waals surface area (Å²) in [6.07, 6.45) is -0.565. The van der Waals surface area contributed by atoms with E-state index in [2.05, 4.69) is 0 Å². The minimum atomic E-state index is -1.27. The molecule has 0 heterocycles. The quantitative estimate of drug-likeness (QED) is 0.376. The van der Waals surface area contributed by atoms with Crippen molar-refractivity contribution in [1.82, 2.24) is 0 Å². The molecule has 19 heavy (non-hydrogen) atoms. The van der Waals surface area contributed by atoms with Crippen molar-refractivity contribution < 1.29 is 29.3 Å². The van der Waals surface area contributed by atoms with Gasteiger partial charge in [-0.05, 0) is 24.1 Å². The molecule has 7 heteroatoms. The Labute approximate surface area is 108 Å². The van der Waals surface area contributed by atoms with Crippen LogP contribution in [0.15, 0.2) is 24.3 Å². The lowest BCUT2D eigenvalue weighted by atomic mass is 10.1. The Kier molecular flexibility index (Phi) is 5.01. The number of esters is 1. The average Bonchev–Trinajstić information content (AvgIpc) is 2.30. The highest BCUT2D eigenvalue weighted by Gasteiger charge is 2.13. The van der Waals surface area contributed by atoms with Gasteiger partial charge in [0.15, 0.2) is 0 Å².